The van der Waals surface area contributed by atoms with E-state index < -0.39 is 17.7 Å². The Morgan fingerprint density at radius 1 is 1.35 bits per heavy atom. The Kier molecular flexibility index (Phi) is 6.47. The van der Waals surface area contributed by atoms with Crippen LogP contribution in [0.4, 0.5) is 18.9 Å². The smallest absolute Gasteiger partial charge is 0.416 e. The number of nitrogens with zero attached hydrogens (tertiary/aromatic N) is 2. The Labute approximate surface area is 150 Å². The first-order valence-electron chi connectivity index (χ1n) is 8.29. The number of benzene rings is 1. The summed E-state index contributed by atoms with van der Waals surface area (Å²) in [7, 11) is 0. The third-order valence-electron chi connectivity index (χ3n) is 3.66. The van der Waals surface area contributed by atoms with Crippen molar-refractivity contribution in [2.45, 2.75) is 39.2 Å². The number of anilines is 1. The molecule has 0 unspecified atom stereocenters. The number of esters is 1. The van der Waals surface area contributed by atoms with Gasteiger partial charge in [-0.05, 0) is 39.0 Å². The average molecular weight is 373 g/mol. The molecule has 0 spiro atoms. The van der Waals surface area contributed by atoms with Crippen LogP contribution in [0, 0.1) is 0 Å². The van der Waals surface area contributed by atoms with E-state index in [4.69, 9.17) is 9.47 Å². The highest BCUT2D eigenvalue weighted by Crippen LogP contribution is 2.30. The summed E-state index contributed by atoms with van der Waals surface area (Å²) in [6.45, 7) is 6.41. The Morgan fingerprint density at radius 2 is 2.00 bits per heavy atom. The van der Waals surface area contributed by atoms with Crippen LogP contribution in [0.3, 0.4) is 0 Å². The molecule has 144 valence electrons. The van der Waals surface area contributed by atoms with Crippen molar-refractivity contribution in [2.75, 3.05) is 25.1 Å². The quantitative estimate of drug-likeness (QED) is 0.382. The number of rotatable bonds is 3. The van der Waals surface area contributed by atoms with Gasteiger partial charge in [0, 0.05) is 13.1 Å². The second-order valence-corrected chi connectivity index (χ2v) is 6.01. The first-order valence-corrected chi connectivity index (χ1v) is 8.29. The van der Waals surface area contributed by atoms with Gasteiger partial charge in [0.25, 0.3) is 0 Å². The zero-order chi connectivity index (χ0) is 19.3. The molecule has 26 heavy (non-hydrogen) atoms. The maximum Gasteiger partial charge on any atom is 0.416 e. The summed E-state index contributed by atoms with van der Waals surface area (Å²) < 4.78 is 49.1. The Hall–Kier alpha value is -2.29. The minimum atomic E-state index is -4.46. The maximum absolute atomic E-state index is 12.8. The van der Waals surface area contributed by atoms with Gasteiger partial charge in [-0.3, -0.25) is 5.43 Å². The number of amidine groups is 1. The number of carbonyl (C=O) groups excluding carboxylic acids is 1. The zero-order valence-electron chi connectivity index (χ0n) is 14.8. The van der Waals surface area contributed by atoms with Crippen LogP contribution in [0.25, 0.3) is 0 Å². The van der Waals surface area contributed by atoms with Crippen LogP contribution in [0.1, 0.15) is 26.3 Å². The number of ether oxygens (including phenoxy) is 2. The van der Waals surface area contributed by atoms with Crippen molar-refractivity contribution in [1.82, 2.24) is 4.90 Å². The SMILES string of the molecule is CCOC(=O)/C(=N/Nc1cccc(C(F)(F)F)c1)N1C[C@H](C)O[C@@H](C)C1. The number of alkyl halides is 3. The number of hydrazone groups is 1. The van der Waals surface area contributed by atoms with E-state index in [2.05, 4.69) is 10.5 Å². The fourth-order valence-electron chi connectivity index (χ4n) is 2.67. The molecule has 0 radical (unpaired) electrons. The number of hydrogen-bond donors (Lipinski definition) is 1. The largest absolute Gasteiger partial charge is 0.460 e. The minimum absolute atomic E-state index is 0.00580. The maximum atomic E-state index is 12.8. The lowest BCUT2D eigenvalue weighted by atomic mass is 10.2. The Morgan fingerprint density at radius 3 is 2.58 bits per heavy atom. The monoisotopic (exact) mass is 373 g/mol. The van der Waals surface area contributed by atoms with E-state index in [-0.39, 0.29) is 30.3 Å². The van der Waals surface area contributed by atoms with Crippen molar-refractivity contribution in [1.29, 1.82) is 0 Å². The summed E-state index contributed by atoms with van der Waals surface area (Å²) in [5.41, 5.74) is 1.85. The molecule has 0 amide bonds. The molecule has 1 aliphatic heterocycles. The van der Waals surface area contributed by atoms with Gasteiger partial charge in [-0.25, -0.2) is 4.79 Å². The number of carbonyl (C=O) groups is 1. The summed E-state index contributed by atoms with van der Waals surface area (Å²) in [5, 5.41) is 4.02. The lowest BCUT2D eigenvalue weighted by molar-refractivity contribution is -0.138. The van der Waals surface area contributed by atoms with Crippen LogP contribution in [0.5, 0.6) is 0 Å². The van der Waals surface area contributed by atoms with Crippen molar-refractivity contribution >= 4 is 17.5 Å². The van der Waals surface area contributed by atoms with E-state index in [1.54, 1.807) is 11.8 Å². The summed E-state index contributed by atoms with van der Waals surface area (Å²) in [5.74, 6) is -0.639. The molecule has 1 heterocycles. The highest BCUT2D eigenvalue weighted by atomic mass is 19.4. The molecule has 0 bridgehead atoms. The zero-order valence-corrected chi connectivity index (χ0v) is 14.8. The topological polar surface area (TPSA) is 63.2 Å². The van der Waals surface area contributed by atoms with Crippen molar-refractivity contribution in [3.8, 4) is 0 Å². The minimum Gasteiger partial charge on any atom is -0.460 e. The molecule has 1 saturated heterocycles. The summed E-state index contributed by atoms with van der Waals surface area (Å²) in [6.07, 6.45) is -4.70. The average Bonchev–Trinajstić information content (AvgIpc) is 2.54. The highest BCUT2D eigenvalue weighted by Gasteiger charge is 2.31. The van der Waals surface area contributed by atoms with E-state index in [0.29, 0.717) is 13.1 Å². The van der Waals surface area contributed by atoms with Gasteiger partial charge in [0.1, 0.15) is 0 Å². The van der Waals surface area contributed by atoms with Gasteiger partial charge in [0.05, 0.1) is 30.1 Å². The van der Waals surface area contributed by atoms with Gasteiger partial charge in [0.2, 0.25) is 5.84 Å². The van der Waals surface area contributed by atoms with E-state index >= 15 is 0 Å². The van der Waals surface area contributed by atoms with Crippen molar-refractivity contribution in [2.24, 2.45) is 5.10 Å². The normalized spacial score (nSPS) is 21.5. The number of hydrogen-bond acceptors (Lipinski definition) is 5. The fraction of sp³-hybridized carbons (Fsp3) is 0.529. The van der Waals surface area contributed by atoms with Crippen LogP contribution in [0.2, 0.25) is 0 Å². The molecule has 1 aromatic rings. The van der Waals surface area contributed by atoms with Crippen LogP contribution >= 0.6 is 0 Å². The second-order valence-electron chi connectivity index (χ2n) is 6.01. The molecule has 6 nitrogen and oxygen atoms in total. The molecule has 0 saturated carbocycles. The van der Waals surface area contributed by atoms with Crippen molar-refractivity contribution in [3.05, 3.63) is 29.8 Å². The molecule has 0 aliphatic carbocycles. The molecule has 0 aromatic heterocycles. The van der Waals surface area contributed by atoms with Crippen LogP contribution in [0.15, 0.2) is 29.4 Å². The summed E-state index contributed by atoms with van der Waals surface area (Å²) in [6, 6.07) is 4.60. The third kappa shape index (κ3) is 5.35. The first kappa shape index (κ1) is 20.0. The van der Waals surface area contributed by atoms with Gasteiger partial charge in [-0.1, -0.05) is 6.07 Å². The van der Waals surface area contributed by atoms with E-state index in [0.717, 1.165) is 12.1 Å². The molecule has 1 aliphatic rings. The molecule has 1 aromatic carbocycles. The highest BCUT2D eigenvalue weighted by molar-refractivity contribution is 6.35. The fourth-order valence-corrected chi connectivity index (χ4v) is 2.67. The molecule has 9 heteroatoms. The number of nitrogens with one attached hydrogen (secondary N) is 1. The Balaban J connectivity index is 2.24. The molecular formula is C17H22F3N3O3. The van der Waals surface area contributed by atoms with E-state index in [1.807, 2.05) is 13.8 Å². The first-order chi connectivity index (χ1) is 12.2. The van der Waals surface area contributed by atoms with Crippen LogP contribution in [-0.2, 0) is 20.4 Å². The standard InChI is InChI=1S/C17H22F3N3O3/c1-4-25-16(24)15(23-9-11(2)26-12(3)10-23)22-21-14-7-5-6-13(8-14)17(18,19)20/h5-8,11-12,21H,4,9-10H2,1-3H3/b22-15-/t11-,12-/m0/s1. The second kappa shape index (κ2) is 8.39. The third-order valence-corrected chi connectivity index (χ3v) is 3.66. The predicted molar refractivity (Wildman–Crippen MR) is 90.7 cm³/mol. The van der Waals surface area contributed by atoms with Crippen LogP contribution < -0.4 is 5.43 Å². The summed E-state index contributed by atoms with van der Waals surface area (Å²) in [4.78, 5) is 14.0. The lowest BCUT2D eigenvalue weighted by Crippen LogP contribution is -2.51. The van der Waals surface area contributed by atoms with Gasteiger partial charge < -0.3 is 14.4 Å². The summed E-state index contributed by atoms with van der Waals surface area (Å²) >= 11 is 0. The van der Waals surface area contributed by atoms with Gasteiger partial charge in [-0.15, -0.1) is 5.10 Å². The number of morpholine rings is 1. The van der Waals surface area contributed by atoms with Crippen molar-refractivity contribution in [3.63, 3.8) is 0 Å². The number of halogens is 3. The van der Waals surface area contributed by atoms with Crippen molar-refractivity contribution < 1.29 is 27.4 Å². The molecule has 1 N–H and O–H groups in total. The van der Waals surface area contributed by atoms with E-state index in [1.165, 1.54) is 12.1 Å². The molecule has 2 atom stereocenters. The molecule has 1 fully saturated rings. The van der Waals surface area contributed by atoms with Gasteiger partial charge in [0.15, 0.2) is 0 Å². The molecule has 2 rings (SSSR count). The molecular weight excluding hydrogens is 351 g/mol. The van der Waals surface area contributed by atoms with E-state index in [9.17, 15) is 18.0 Å². The lowest BCUT2D eigenvalue weighted by Gasteiger charge is -2.36. The van der Waals surface area contributed by atoms with Crippen LogP contribution in [-0.4, -0.2) is 48.6 Å². The van der Waals surface area contributed by atoms with Gasteiger partial charge >= 0.3 is 12.1 Å². The predicted octanol–water partition coefficient (Wildman–Crippen LogP) is 3.10. The van der Waals surface area contributed by atoms with Gasteiger partial charge in [-0.2, -0.15) is 13.2 Å². The Bertz CT molecular complexity index is 654.